The normalized spacial score (nSPS) is 16.6. The number of aromatic amines is 1. The molecule has 0 radical (unpaired) electrons. The smallest absolute Gasteiger partial charge is 0.105 e. The maximum atomic E-state index is 4.31. The molecule has 1 N–H and O–H groups in total. The second-order valence-electron chi connectivity index (χ2n) is 6.65. The minimum Gasteiger partial charge on any atom is -0.358 e. The maximum Gasteiger partial charge on any atom is 0.105 e. The van der Waals surface area contributed by atoms with Gasteiger partial charge >= 0.3 is 0 Å². The zero-order valence-electron chi connectivity index (χ0n) is 13.9. The van der Waals surface area contributed by atoms with Crippen LogP contribution in [-0.4, -0.2) is 32.0 Å². The fraction of sp³-hybridized carbons (Fsp3) is 0.421. The minimum atomic E-state index is 0.582. The van der Waals surface area contributed by atoms with E-state index in [2.05, 4.69) is 63.7 Å². The van der Waals surface area contributed by atoms with E-state index in [9.17, 15) is 0 Å². The van der Waals surface area contributed by atoms with E-state index in [1.807, 2.05) is 6.20 Å². The van der Waals surface area contributed by atoms with Crippen molar-refractivity contribution in [3.63, 3.8) is 0 Å². The summed E-state index contributed by atoms with van der Waals surface area (Å²) in [5.41, 5.74) is 4.21. The molecule has 1 unspecified atom stereocenters. The molecule has 1 aromatic carbocycles. The van der Waals surface area contributed by atoms with Crippen LogP contribution in [-0.2, 0) is 19.5 Å². The number of benzene rings is 1. The summed E-state index contributed by atoms with van der Waals surface area (Å²) in [4.78, 5) is 10.5. The minimum absolute atomic E-state index is 0.582. The van der Waals surface area contributed by atoms with Crippen molar-refractivity contribution in [2.75, 3.05) is 6.54 Å². The molecule has 3 aromatic rings. The van der Waals surface area contributed by atoms with Gasteiger partial charge in [-0.05, 0) is 31.9 Å². The molecule has 4 nitrogen and oxygen atoms in total. The van der Waals surface area contributed by atoms with E-state index in [-0.39, 0.29) is 0 Å². The van der Waals surface area contributed by atoms with E-state index in [1.54, 1.807) is 0 Å². The number of nitrogens with one attached hydrogen (secondary N) is 1. The Balaban J connectivity index is 1.47. The van der Waals surface area contributed by atoms with Crippen molar-refractivity contribution >= 4 is 10.9 Å². The number of hydrogen-bond acceptors (Lipinski definition) is 2. The first-order valence-corrected chi connectivity index (χ1v) is 8.52. The van der Waals surface area contributed by atoms with Gasteiger partial charge in [0.25, 0.3) is 0 Å². The highest BCUT2D eigenvalue weighted by molar-refractivity contribution is 5.84. The van der Waals surface area contributed by atoms with Crippen LogP contribution in [0.5, 0.6) is 0 Å². The molecule has 1 aliphatic rings. The second kappa shape index (κ2) is 5.85. The van der Waals surface area contributed by atoms with Crippen LogP contribution in [0.3, 0.4) is 0 Å². The summed E-state index contributed by atoms with van der Waals surface area (Å²) in [7, 11) is 0. The number of aryl methyl sites for hydroxylation is 2. The topological polar surface area (TPSA) is 36.9 Å². The Kier molecular flexibility index (Phi) is 3.69. The summed E-state index contributed by atoms with van der Waals surface area (Å²) in [5.74, 6) is 1.11. The largest absolute Gasteiger partial charge is 0.358 e. The lowest BCUT2D eigenvalue weighted by atomic mass is 10.0. The van der Waals surface area contributed by atoms with Crippen molar-refractivity contribution in [1.82, 2.24) is 19.4 Å². The third-order valence-corrected chi connectivity index (χ3v) is 5.25. The van der Waals surface area contributed by atoms with Gasteiger partial charge < -0.3 is 9.55 Å². The molecule has 4 rings (SSSR count). The molecule has 4 heteroatoms. The van der Waals surface area contributed by atoms with Crippen molar-refractivity contribution in [2.45, 2.75) is 45.8 Å². The highest BCUT2D eigenvalue weighted by Crippen LogP contribution is 2.28. The summed E-state index contributed by atoms with van der Waals surface area (Å²) < 4.78 is 2.25. The number of H-pyrrole nitrogens is 1. The molecule has 2 aromatic heterocycles. The summed E-state index contributed by atoms with van der Waals surface area (Å²) in [5, 5.41) is 1.39. The molecule has 1 atom stereocenters. The van der Waals surface area contributed by atoms with Crippen molar-refractivity contribution in [3.8, 4) is 0 Å². The first kappa shape index (κ1) is 14.5. The first-order chi connectivity index (χ1) is 11.2. The van der Waals surface area contributed by atoms with Gasteiger partial charge in [-0.2, -0.15) is 0 Å². The molecule has 0 saturated heterocycles. The molecule has 120 valence electrons. The lowest BCUT2D eigenvalue weighted by Gasteiger charge is -2.32. The van der Waals surface area contributed by atoms with Crippen molar-refractivity contribution in [2.24, 2.45) is 0 Å². The molecule has 0 bridgehead atoms. The highest BCUT2D eigenvalue weighted by Gasteiger charge is 2.23. The van der Waals surface area contributed by atoms with Gasteiger partial charge in [0, 0.05) is 61.1 Å². The van der Waals surface area contributed by atoms with Crippen LogP contribution in [0, 0.1) is 6.92 Å². The molecule has 1 aliphatic heterocycles. The third kappa shape index (κ3) is 2.68. The summed E-state index contributed by atoms with van der Waals surface area (Å²) in [6.45, 7) is 7.67. The van der Waals surface area contributed by atoms with E-state index in [0.29, 0.717) is 6.04 Å². The van der Waals surface area contributed by atoms with Crippen molar-refractivity contribution in [3.05, 3.63) is 53.7 Å². The molecule has 0 aliphatic carbocycles. The molecule has 0 spiro atoms. The third-order valence-electron chi connectivity index (χ3n) is 5.25. The number of para-hydroxylation sites is 1. The second-order valence-corrected chi connectivity index (χ2v) is 6.65. The van der Waals surface area contributed by atoms with Crippen molar-refractivity contribution < 1.29 is 0 Å². The molecule has 0 saturated carbocycles. The maximum absolute atomic E-state index is 4.31. The Labute approximate surface area is 137 Å². The van der Waals surface area contributed by atoms with Crippen LogP contribution >= 0.6 is 0 Å². The zero-order chi connectivity index (χ0) is 15.8. The SMILES string of the molecule is Cc1nccn1CCC(C)N1CCc2[nH]c3ccccc3c2C1. The Bertz CT molecular complexity index is 814. The van der Waals surface area contributed by atoms with Crippen LogP contribution in [0.2, 0.25) is 0 Å². The molecule has 3 heterocycles. The van der Waals surface area contributed by atoms with Gasteiger partial charge in [0.1, 0.15) is 5.82 Å². The lowest BCUT2D eigenvalue weighted by molar-refractivity contribution is 0.177. The number of hydrogen-bond donors (Lipinski definition) is 1. The summed E-state index contributed by atoms with van der Waals surface area (Å²) >= 11 is 0. The number of nitrogens with zero attached hydrogens (tertiary/aromatic N) is 3. The predicted octanol–water partition coefficient (Wildman–Crippen LogP) is 3.51. The Morgan fingerprint density at radius 2 is 2.17 bits per heavy atom. The van der Waals surface area contributed by atoms with Gasteiger partial charge in [0.05, 0.1) is 0 Å². The van der Waals surface area contributed by atoms with E-state index in [4.69, 9.17) is 0 Å². The molecular formula is C19H24N4. The van der Waals surface area contributed by atoms with Gasteiger partial charge in [-0.25, -0.2) is 4.98 Å². The Hall–Kier alpha value is -2.07. The Morgan fingerprint density at radius 3 is 3.00 bits per heavy atom. The van der Waals surface area contributed by atoms with Crippen LogP contribution in [0.4, 0.5) is 0 Å². The number of fused-ring (bicyclic) bond motifs is 3. The van der Waals surface area contributed by atoms with Gasteiger partial charge in [-0.3, -0.25) is 4.90 Å². The Morgan fingerprint density at radius 1 is 1.30 bits per heavy atom. The van der Waals surface area contributed by atoms with Crippen molar-refractivity contribution in [1.29, 1.82) is 0 Å². The van der Waals surface area contributed by atoms with Crippen LogP contribution < -0.4 is 0 Å². The van der Waals surface area contributed by atoms with Crippen LogP contribution in [0.25, 0.3) is 10.9 Å². The van der Waals surface area contributed by atoms with E-state index < -0.39 is 0 Å². The number of rotatable bonds is 4. The number of imidazole rings is 1. The van der Waals surface area contributed by atoms with Crippen LogP contribution in [0.15, 0.2) is 36.7 Å². The standard InChI is InChI=1S/C19H24N4/c1-14(7-10-22-12-9-20-15(22)2)23-11-8-19-17(13-23)16-5-3-4-6-18(16)21-19/h3-6,9,12,14,21H,7-8,10-11,13H2,1-2H3. The average Bonchev–Trinajstić information content (AvgIpc) is 3.15. The summed E-state index contributed by atoms with van der Waals surface area (Å²) in [6.07, 6.45) is 6.25. The predicted molar refractivity (Wildman–Crippen MR) is 93.5 cm³/mol. The van der Waals surface area contributed by atoms with E-state index in [0.717, 1.165) is 38.3 Å². The van der Waals surface area contributed by atoms with Gasteiger partial charge in [0.15, 0.2) is 0 Å². The van der Waals surface area contributed by atoms with Gasteiger partial charge in [-0.1, -0.05) is 18.2 Å². The molecule has 0 fully saturated rings. The van der Waals surface area contributed by atoms with Gasteiger partial charge in [-0.15, -0.1) is 0 Å². The average molecular weight is 308 g/mol. The molecular weight excluding hydrogens is 284 g/mol. The van der Waals surface area contributed by atoms with E-state index in [1.165, 1.54) is 22.2 Å². The van der Waals surface area contributed by atoms with E-state index >= 15 is 0 Å². The van der Waals surface area contributed by atoms with Gasteiger partial charge in [0.2, 0.25) is 0 Å². The highest BCUT2D eigenvalue weighted by atomic mass is 15.2. The number of aromatic nitrogens is 3. The molecule has 23 heavy (non-hydrogen) atoms. The summed E-state index contributed by atoms with van der Waals surface area (Å²) in [6, 6.07) is 9.26. The monoisotopic (exact) mass is 308 g/mol. The lowest BCUT2D eigenvalue weighted by Crippen LogP contribution is -2.38. The zero-order valence-corrected chi connectivity index (χ0v) is 13.9. The fourth-order valence-electron chi connectivity index (χ4n) is 3.71. The molecule has 0 amide bonds. The fourth-order valence-corrected chi connectivity index (χ4v) is 3.71. The quantitative estimate of drug-likeness (QED) is 0.801. The van der Waals surface area contributed by atoms with Crippen LogP contribution in [0.1, 0.15) is 30.4 Å². The first-order valence-electron chi connectivity index (χ1n) is 8.52.